The normalized spacial score (nSPS) is 25.6. The first-order valence-corrected chi connectivity index (χ1v) is 19.4. The lowest BCUT2D eigenvalue weighted by Gasteiger charge is -2.57. The summed E-state index contributed by atoms with van der Waals surface area (Å²) in [7, 11) is 0. The largest absolute Gasteiger partial charge is 0.310 e. The topological polar surface area (TPSA) is 3.24 Å². The van der Waals surface area contributed by atoms with Crippen LogP contribution in [0.15, 0.2) is 140 Å². The van der Waals surface area contributed by atoms with Gasteiger partial charge in [0.2, 0.25) is 0 Å². The van der Waals surface area contributed by atoms with Gasteiger partial charge in [-0.3, -0.25) is 0 Å². The van der Waals surface area contributed by atoms with Crippen molar-refractivity contribution in [1.82, 2.24) is 0 Å². The van der Waals surface area contributed by atoms with Crippen molar-refractivity contribution in [3.63, 3.8) is 0 Å². The molecule has 0 radical (unpaired) electrons. The number of benzene rings is 6. The van der Waals surface area contributed by atoms with Crippen LogP contribution in [0.3, 0.4) is 0 Å². The molecule has 0 aromatic heterocycles. The van der Waals surface area contributed by atoms with E-state index in [-0.39, 0.29) is 10.8 Å². The predicted molar refractivity (Wildman–Crippen MR) is 212 cm³/mol. The van der Waals surface area contributed by atoms with Crippen molar-refractivity contribution < 1.29 is 0 Å². The van der Waals surface area contributed by atoms with E-state index in [1.165, 1.54) is 100 Å². The number of anilines is 3. The Hall–Kier alpha value is -4.88. The Morgan fingerprint density at radius 3 is 2.04 bits per heavy atom. The van der Waals surface area contributed by atoms with Gasteiger partial charge in [-0.2, -0.15) is 0 Å². The third kappa shape index (κ3) is 4.15. The van der Waals surface area contributed by atoms with Crippen molar-refractivity contribution in [1.29, 1.82) is 0 Å². The summed E-state index contributed by atoms with van der Waals surface area (Å²) in [4.78, 5) is 2.58. The zero-order chi connectivity index (χ0) is 33.9. The maximum Gasteiger partial charge on any atom is 0.0543 e. The highest BCUT2D eigenvalue weighted by Gasteiger charge is 2.57. The van der Waals surface area contributed by atoms with Crippen LogP contribution in [-0.2, 0) is 10.8 Å². The van der Waals surface area contributed by atoms with Crippen LogP contribution in [0.5, 0.6) is 0 Å². The molecule has 0 amide bonds. The Balaban J connectivity index is 1.13. The fraction of sp³-hybridized carbons (Fsp3) is 0.280. The molecule has 3 fully saturated rings. The van der Waals surface area contributed by atoms with Gasteiger partial charge in [0.25, 0.3) is 0 Å². The molecule has 5 atom stereocenters. The summed E-state index contributed by atoms with van der Waals surface area (Å²) >= 11 is 0. The van der Waals surface area contributed by atoms with E-state index in [4.69, 9.17) is 0 Å². The van der Waals surface area contributed by atoms with Crippen molar-refractivity contribution in [2.24, 2.45) is 23.7 Å². The van der Waals surface area contributed by atoms with E-state index in [2.05, 4.69) is 158 Å². The minimum absolute atomic E-state index is 0.0704. The second-order valence-corrected chi connectivity index (χ2v) is 16.9. The second-order valence-electron chi connectivity index (χ2n) is 16.9. The monoisotopic (exact) mass is 659 g/mol. The summed E-state index contributed by atoms with van der Waals surface area (Å²) in [5.41, 5.74) is 18.0. The molecule has 51 heavy (non-hydrogen) atoms. The summed E-state index contributed by atoms with van der Waals surface area (Å²) in [5.74, 6) is 3.43. The van der Waals surface area contributed by atoms with Crippen LogP contribution >= 0.6 is 0 Å². The second kappa shape index (κ2) is 10.8. The maximum absolute atomic E-state index is 2.58. The number of nitrogens with zero attached hydrogens (tertiary/aromatic N) is 1. The highest BCUT2D eigenvalue weighted by Crippen LogP contribution is 2.67. The Morgan fingerprint density at radius 2 is 1.20 bits per heavy atom. The molecule has 11 rings (SSSR count). The molecule has 6 aromatic rings. The van der Waals surface area contributed by atoms with Gasteiger partial charge in [-0.15, -0.1) is 0 Å². The summed E-state index contributed by atoms with van der Waals surface area (Å²) in [5, 5.41) is 0. The SMILES string of the molecule is CC1(C)c2ccccc2-c2ccc(N(c3ccc(-c4ccccc4)cc3)c3cccc4c3-c3ccccc3C43CC4CCC5CC4CC3C5)cc21. The van der Waals surface area contributed by atoms with Crippen LogP contribution in [0.4, 0.5) is 17.1 Å². The minimum atomic E-state index is -0.0704. The van der Waals surface area contributed by atoms with Crippen molar-refractivity contribution >= 4 is 17.1 Å². The molecule has 5 aliphatic rings. The summed E-state index contributed by atoms with van der Waals surface area (Å²) in [6.45, 7) is 4.80. The highest BCUT2D eigenvalue weighted by atomic mass is 15.1. The van der Waals surface area contributed by atoms with E-state index >= 15 is 0 Å². The Labute approximate surface area is 303 Å². The van der Waals surface area contributed by atoms with Gasteiger partial charge >= 0.3 is 0 Å². The lowest BCUT2D eigenvalue weighted by molar-refractivity contribution is -0.0103. The molecular weight excluding hydrogens is 615 g/mol. The molecule has 250 valence electrons. The Bertz CT molecular complexity index is 2330. The first-order valence-electron chi connectivity index (χ1n) is 19.4. The number of hydrogen-bond acceptors (Lipinski definition) is 1. The highest BCUT2D eigenvalue weighted by molar-refractivity contribution is 5.96. The van der Waals surface area contributed by atoms with Crippen molar-refractivity contribution in [2.75, 3.05) is 4.90 Å². The van der Waals surface area contributed by atoms with Crippen molar-refractivity contribution in [3.05, 3.63) is 162 Å². The molecular formula is C50H45N. The van der Waals surface area contributed by atoms with Crippen molar-refractivity contribution in [2.45, 2.75) is 63.2 Å². The number of fused-ring (bicyclic) bond motifs is 11. The fourth-order valence-corrected chi connectivity index (χ4v) is 12.0. The summed E-state index contributed by atoms with van der Waals surface area (Å²) < 4.78 is 0. The molecule has 3 bridgehead atoms. The van der Waals surface area contributed by atoms with Gasteiger partial charge in [-0.1, -0.05) is 129 Å². The summed E-state index contributed by atoms with van der Waals surface area (Å²) in [6, 6.07) is 53.2. The lowest BCUT2D eigenvalue weighted by atomic mass is 9.47. The molecule has 3 saturated carbocycles. The van der Waals surface area contributed by atoms with Crippen molar-refractivity contribution in [3.8, 4) is 33.4 Å². The quantitative estimate of drug-likeness (QED) is 0.182. The van der Waals surface area contributed by atoms with Gasteiger partial charge in [0, 0.05) is 27.8 Å². The number of hydrogen-bond donors (Lipinski definition) is 0. The van der Waals surface area contributed by atoms with Crippen LogP contribution in [-0.4, -0.2) is 0 Å². The maximum atomic E-state index is 2.58. The minimum Gasteiger partial charge on any atom is -0.310 e. The first kappa shape index (κ1) is 29.8. The third-order valence-electron chi connectivity index (χ3n) is 14.2. The standard InChI is InChI=1S/C50H45N/c1-49(2)43-15-8-6-13-40(43)41-26-25-39(30-46(41)49)51(38-23-21-34(22-24-38)33-11-4-3-5-12-33)47-18-10-17-45-48(47)42-14-7-9-16-44(42)50(45)31-35-20-19-32-27-36(35)29-37(50)28-32/h3-18,21-26,30,32,35-37H,19-20,27-29,31H2,1-2H3. The van der Waals surface area contributed by atoms with Crippen LogP contribution in [0.1, 0.15) is 74.6 Å². The molecule has 5 unspecified atom stereocenters. The lowest BCUT2D eigenvalue weighted by Crippen LogP contribution is -2.50. The molecule has 1 spiro atoms. The van der Waals surface area contributed by atoms with E-state index in [9.17, 15) is 0 Å². The third-order valence-corrected chi connectivity index (χ3v) is 14.2. The van der Waals surface area contributed by atoms with Gasteiger partial charge in [0.15, 0.2) is 0 Å². The molecule has 1 heteroatoms. The molecule has 0 N–H and O–H groups in total. The molecule has 6 aromatic carbocycles. The number of rotatable bonds is 4. The van der Waals surface area contributed by atoms with E-state index in [1.54, 1.807) is 11.1 Å². The van der Waals surface area contributed by atoms with Gasteiger partial charge in [-0.25, -0.2) is 0 Å². The predicted octanol–water partition coefficient (Wildman–Crippen LogP) is 13.2. The molecule has 5 aliphatic carbocycles. The zero-order valence-corrected chi connectivity index (χ0v) is 29.8. The van der Waals surface area contributed by atoms with Gasteiger partial charge in [0.05, 0.1) is 5.69 Å². The van der Waals surface area contributed by atoms with E-state index < -0.39 is 0 Å². The van der Waals surface area contributed by atoms with E-state index in [0.717, 1.165) is 23.7 Å². The Morgan fingerprint density at radius 1 is 0.510 bits per heavy atom. The van der Waals surface area contributed by atoms with Crippen LogP contribution in [0.2, 0.25) is 0 Å². The zero-order valence-electron chi connectivity index (χ0n) is 29.8. The van der Waals surface area contributed by atoms with Gasteiger partial charge in [0.1, 0.15) is 0 Å². The van der Waals surface area contributed by atoms with E-state index in [0.29, 0.717) is 0 Å². The molecule has 0 heterocycles. The van der Waals surface area contributed by atoms with Gasteiger partial charge < -0.3 is 4.90 Å². The fourth-order valence-electron chi connectivity index (χ4n) is 12.0. The van der Waals surface area contributed by atoms with Crippen LogP contribution < -0.4 is 4.90 Å². The molecule has 1 nitrogen and oxygen atoms in total. The smallest absolute Gasteiger partial charge is 0.0543 e. The van der Waals surface area contributed by atoms with E-state index in [1.807, 2.05) is 0 Å². The average molecular weight is 660 g/mol. The summed E-state index contributed by atoms with van der Waals surface area (Å²) in [6.07, 6.45) is 8.48. The first-order chi connectivity index (χ1) is 25.0. The average Bonchev–Trinajstić information content (AvgIpc) is 3.59. The molecule has 0 aliphatic heterocycles. The van der Waals surface area contributed by atoms with Crippen LogP contribution in [0.25, 0.3) is 33.4 Å². The van der Waals surface area contributed by atoms with Crippen LogP contribution in [0, 0.1) is 23.7 Å². The van der Waals surface area contributed by atoms with Gasteiger partial charge in [-0.05, 0) is 136 Å². The Kier molecular flexibility index (Phi) is 6.32. The molecule has 0 saturated heterocycles.